The molecule has 1 atom stereocenters. The van der Waals surface area contributed by atoms with Crippen LogP contribution in [0.25, 0.3) is 0 Å². The van der Waals surface area contributed by atoms with Crippen molar-refractivity contribution in [3.63, 3.8) is 0 Å². The van der Waals surface area contributed by atoms with E-state index in [-0.39, 0.29) is 11.6 Å². The number of alkyl halides is 13. The minimum atomic E-state index is -6.75. The van der Waals surface area contributed by atoms with Crippen molar-refractivity contribution in [2.24, 2.45) is 0 Å². The van der Waals surface area contributed by atoms with Gasteiger partial charge >= 0.3 is 30.4 Å². The molecular formula is C25H14F14IN3O2. The molecule has 0 fully saturated rings. The lowest BCUT2D eigenvalue weighted by molar-refractivity contribution is -0.348. The number of aliphatic hydroxyl groups excluding tert-OH is 1. The zero-order chi connectivity index (χ0) is 34.5. The SMILES string of the molecule is CN(c1cccc(C(=O)Nc2c(I)cc(C(F)(C(F)(F)F)C(F)(F)F)cc2C(F)(F)F)c1F)C(O)c1ccc(C(F)(F)F)nc1. The maximum atomic E-state index is 15.4. The van der Waals surface area contributed by atoms with Gasteiger partial charge in [-0.05, 0) is 52.9 Å². The number of nitrogens with zero attached hydrogens (tertiary/aromatic N) is 2. The molecule has 2 N–H and O–H groups in total. The lowest BCUT2D eigenvalue weighted by Gasteiger charge is -2.31. The first-order valence-corrected chi connectivity index (χ1v) is 12.7. The van der Waals surface area contributed by atoms with Crippen molar-refractivity contribution in [3.8, 4) is 0 Å². The van der Waals surface area contributed by atoms with Crippen molar-refractivity contribution in [2.45, 2.75) is 36.6 Å². The van der Waals surface area contributed by atoms with E-state index in [0.717, 1.165) is 47.8 Å². The Kier molecular flexibility index (Phi) is 9.66. The predicted octanol–water partition coefficient (Wildman–Crippen LogP) is 8.53. The average Bonchev–Trinajstić information content (AvgIpc) is 2.90. The highest BCUT2D eigenvalue weighted by Crippen LogP contribution is 2.55. The van der Waals surface area contributed by atoms with E-state index in [2.05, 4.69) is 4.98 Å². The summed E-state index contributed by atoms with van der Waals surface area (Å²) in [4.78, 5) is 16.7. The van der Waals surface area contributed by atoms with Crippen LogP contribution in [0.2, 0.25) is 0 Å². The number of anilines is 2. The molecular weight excluding hydrogens is 767 g/mol. The van der Waals surface area contributed by atoms with Gasteiger partial charge in [0.1, 0.15) is 5.69 Å². The molecule has 1 aromatic heterocycles. The van der Waals surface area contributed by atoms with Gasteiger partial charge in [-0.15, -0.1) is 0 Å². The third-order valence-corrected chi connectivity index (χ3v) is 7.01. The molecule has 0 saturated heterocycles. The molecule has 0 aliphatic carbocycles. The maximum Gasteiger partial charge on any atom is 0.435 e. The smallest absolute Gasteiger partial charge is 0.369 e. The first-order valence-electron chi connectivity index (χ1n) is 11.6. The molecule has 246 valence electrons. The van der Waals surface area contributed by atoms with Gasteiger partial charge in [0.25, 0.3) is 5.91 Å². The van der Waals surface area contributed by atoms with Crippen molar-refractivity contribution in [3.05, 3.63) is 86.0 Å². The molecule has 1 unspecified atom stereocenters. The van der Waals surface area contributed by atoms with E-state index in [4.69, 9.17) is 0 Å². The van der Waals surface area contributed by atoms with Crippen LogP contribution in [0.15, 0.2) is 48.7 Å². The number of aliphatic hydroxyl groups is 1. The van der Waals surface area contributed by atoms with Crippen LogP contribution in [0.4, 0.5) is 72.8 Å². The summed E-state index contributed by atoms with van der Waals surface area (Å²) >= 11 is 0.821. The van der Waals surface area contributed by atoms with Gasteiger partial charge < -0.3 is 15.3 Å². The summed E-state index contributed by atoms with van der Waals surface area (Å²) in [5.41, 5.74) is -15.8. The zero-order valence-corrected chi connectivity index (χ0v) is 23.8. The Hall–Kier alpha value is -3.43. The number of amides is 1. The van der Waals surface area contributed by atoms with Crippen LogP contribution < -0.4 is 10.2 Å². The summed E-state index contributed by atoms with van der Waals surface area (Å²) in [6.07, 6.45) is -25.4. The molecule has 20 heteroatoms. The van der Waals surface area contributed by atoms with Crippen LogP contribution in [0.3, 0.4) is 0 Å². The van der Waals surface area contributed by atoms with Crippen LogP contribution in [-0.4, -0.2) is 35.4 Å². The van der Waals surface area contributed by atoms with E-state index in [1.807, 2.05) is 0 Å². The molecule has 0 radical (unpaired) electrons. The van der Waals surface area contributed by atoms with E-state index in [0.29, 0.717) is 23.2 Å². The fourth-order valence-corrected chi connectivity index (χ4v) is 4.63. The molecule has 5 nitrogen and oxygen atoms in total. The number of pyridine rings is 1. The predicted molar refractivity (Wildman–Crippen MR) is 136 cm³/mol. The molecule has 2 aromatic carbocycles. The Bertz CT molecular complexity index is 1550. The number of aromatic nitrogens is 1. The second kappa shape index (κ2) is 12.1. The Labute approximate surface area is 256 Å². The molecule has 0 spiro atoms. The van der Waals surface area contributed by atoms with Crippen LogP contribution in [-0.2, 0) is 18.0 Å². The van der Waals surface area contributed by atoms with E-state index in [1.54, 1.807) is 5.32 Å². The third kappa shape index (κ3) is 7.04. The standard InChI is InChI=1S/C25H14F14IN3O2/c1-43(20(45)10-5-6-16(41-9-10)23(31,32)33)15-4-2-3-12(17(15)26)19(44)42-18-13(22(28,29)30)7-11(8-14(18)40)21(27,24(34,35)36)25(37,38)39/h2-9,20,45H,1H3,(H,42,44). The quantitative estimate of drug-likeness (QED) is 0.150. The summed E-state index contributed by atoms with van der Waals surface area (Å²) in [5.74, 6) is -3.23. The molecule has 1 heterocycles. The van der Waals surface area contributed by atoms with E-state index < -0.39 is 91.7 Å². The second-order valence-corrected chi connectivity index (χ2v) is 10.2. The molecule has 1 amide bonds. The average molecular weight is 781 g/mol. The number of halogens is 15. The fourth-order valence-electron chi connectivity index (χ4n) is 3.87. The van der Waals surface area contributed by atoms with Gasteiger partial charge in [-0.3, -0.25) is 9.78 Å². The Morgan fingerprint density at radius 2 is 1.47 bits per heavy atom. The Balaban J connectivity index is 2.03. The number of carbonyl (C=O) groups excluding carboxylic acids is 1. The van der Waals surface area contributed by atoms with Gasteiger partial charge in [0, 0.05) is 27.9 Å². The normalized spacial score (nSPS) is 13.9. The fraction of sp³-hybridized carbons (Fsp3) is 0.280. The summed E-state index contributed by atoms with van der Waals surface area (Å²) in [6.45, 7) is 0. The van der Waals surface area contributed by atoms with Gasteiger partial charge in [-0.25, -0.2) is 8.78 Å². The number of hydrogen-bond donors (Lipinski definition) is 2. The summed E-state index contributed by atoms with van der Waals surface area (Å²) in [6, 6.07) is 2.93. The summed E-state index contributed by atoms with van der Waals surface area (Å²) in [7, 11) is 1.01. The minimum absolute atomic E-state index is 0.221. The highest BCUT2D eigenvalue weighted by atomic mass is 127. The lowest BCUT2D eigenvalue weighted by Crippen LogP contribution is -2.50. The Morgan fingerprint density at radius 1 is 0.889 bits per heavy atom. The molecule has 3 rings (SSSR count). The van der Waals surface area contributed by atoms with Crippen molar-refractivity contribution >= 4 is 39.9 Å². The molecule has 0 aliphatic heterocycles. The number of carbonyl (C=O) groups is 1. The largest absolute Gasteiger partial charge is 0.435 e. The number of rotatable bonds is 6. The lowest BCUT2D eigenvalue weighted by atomic mass is 9.92. The Morgan fingerprint density at radius 3 is 1.93 bits per heavy atom. The molecule has 0 bridgehead atoms. The molecule has 0 aliphatic rings. The molecule has 0 saturated carbocycles. The maximum absolute atomic E-state index is 15.4. The zero-order valence-electron chi connectivity index (χ0n) is 21.6. The first kappa shape index (κ1) is 36.0. The highest BCUT2D eigenvalue weighted by molar-refractivity contribution is 14.1. The van der Waals surface area contributed by atoms with Crippen LogP contribution >= 0.6 is 22.6 Å². The van der Waals surface area contributed by atoms with Crippen molar-refractivity contribution in [2.75, 3.05) is 17.3 Å². The van der Waals surface area contributed by atoms with Crippen LogP contribution in [0.5, 0.6) is 0 Å². The second-order valence-electron chi connectivity index (χ2n) is 9.08. The van der Waals surface area contributed by atoms with Crippen LogP contribution in [0.1, 0.15) is 39.0 Å². The van der Waals surface area contributed by atoms with Gasteiger partial charge in [0.15, 0.2) is 12.0 Å². The van der Waals surface area contributed by atoms with Crippen LogP contribution in [0, 0.1) is 9.39 Å². The summed E-state index contributed by atoms with van der Waals surface area (Å²) in [5, 5.41) is 12.1. The van der Waals surface area contributed by atoms with Crippen molar-refractivity contribution in [1.29, 1.82) is 0 Å². The van der Waals surface area contributed by atoms with Gasteiger partial charge in [0.2, 0.25) is 0 Å². The minimum Gasteiger partial charge on any atom is -0.369 e. The van der Waals surface area contributed by atoms with Gasteiger partial charge in [-0.2, -0.15) is 52.7 Å². The summed E-state index contributed by atoms with van der Waals surface area (Å²) < 4.78 is 188. The van der Waals surface area contributed by atoms with Crippen molar-refractivity contribution in [1.82, 2.24) is 4.98 Å². The van der Waals surface area contributed by atoms with E-state index in [9.17, 15) is 67.0 Å². The van der Waals surface area contributed by atoms with E-state index in [1.165, 1.54) is 0 Å². The molecule has 3 aromatic rings. The molecule has 45 heavy (non-hydrogen) atoms. The first-order chi connectivity index (χ1) is 20.3. The van der Waals surface area contributed by atoms with Crippen molar-refractivity contribution < 1.29 is 71.4 Å². The topological polar surface area (TPSA) is 65.5 Å². The number of nitrogens with one attached hydrogen (secondary N) is 1. The van der Waals surface area contributed by atoms with Gasteiger partial charge in [0.05, 0.1) is 22.5 Å². The van der Waals surface area contributed by atoms with Gasteiger partial charge in [-0.1, -0.05) is 12.1 Å². The number of benzene rings is 2. The third-order valence-electron chi connectivity index (χ3n) is 6.16. The highest BCUT2D eigenvalue weighted by Gasteiger charge is 2.73. The monoisotopic (exact) mass is 781 g/mol. The number of hydrogen-bond acceptors (Lipinski definition) is 4. The van der Waals surface area contributed by atoms with E-state index >= 15 is 4.39 Å².